The summed E-state index contributed by atoms with van der Waals surface area (Å²) in [5.74, 6) is -0.558. The van der Waals surface area contributed by atoms with Gasteiger partial charge in [-0.3, -0.25) is 0 Å². The molecule has 1 aliphatic rings. The third kappa shape index (κ3) is 2.57. The van der Waals surface area contributed by atoms with Crippen LogP contribution < -0.4 is 10.5 Å². The van der Waals surface area contributed by atoms with Crippen molar-refractivity contribution < 1.29 is 9.84 Å². The molecule has 0 saturated carbocycles. The van der Waals surface area contributed by atoms with Crippen LogP contribution in [0.4, 0.5) is 0 Å². The Balaban J connectivity index is 2.34. The molecule has 0 amide bonds. The number of halogens is 3. The van der Waals surface area contributed by atoms with Gasteiger partial charge < -0.3 is 15.6 Å². The van der Waals surface area contributed by atoms with Gasteiger partial charge in [0.15, 0.2) is 0 Å². The van der Waals surface area contributed by atoms with Gasteiger partial charge in [-0.25, -0.2) is 0 Å². The summed E-state index contributed by atoms with van der Waals surface area (Å²) >= 11 is 18.6. The Kier molecular flexibility index (Phi) is 4.03. The number of aromatic hydroxyl groups is 1. The van der Waals surface area contributed by atoms with Crippen molar-refractivity contribution in [2.75, 3.05) is 0 Å². The van der Waals surface area contributed by atoms with Gasteiger partial charge in [-0.1, -0.05) is 40.9 Å². The lowest BCUT2D eigenvalue weighted by atomic mass is 9.83. The molecule has 0 saturated heterocycles. The van der Waals surface area contributed by atoms with Crippen LogP contribution in [0, 0.1) is 11.3 Å². The number of phenols is 1. The zero-order chi connectivity index (χ0) is 16.7. The molecule has 0 aromatic heterocycles. The number of benzene rings is 2. The Morgan fingerprint density at radius 1 is 1.13 bits per heavy atom. The van der Waals surface area contributed by atoms with E-state index in [2.05, 4.69) is 0 Å². The molecule has 0 fully saturated rings. The van der Waals surface area contributed by atoms with Crippen molar-refractivity contribution in [3.63, 3.8) is 0 Å². The molecule has 3 N–H and O–H groups in total. The molecule has 2 aromatic rings. The van der Waals surface area contributed by atoms with Crippen molar-refractivity contribution in [1.82, 2.24) is 0 Å². The highest BCUT2D eigenvalue weighted by Crippen LogP contribution is 2.48. The summed E-state index contributed by atoms with van der Waals surface area (Å²) in [5.41, 5.74) is 7.11. The number of rotatable bonds is 1. The van der Waals surface area contributed by atoms with E-state index in [1.165, 1.54) is 12.1 Å². The molecule has 116 valence electrons. The fourth-order valence-corrected chi connectivity index (χ4v) is 3.34. The van der Waals surface area contributed by atoms with Crippen LogP contribution >= 0.6 is 34.8 Å². The van der Waals surface area contributed by atoms with Gasteiger partial charge in [-0.05, 0) is 18.2 Å². The lowest BCUT2D eigenvalue weighted by molar-refractivity contribution is 0.388. The maximum atomic E-state index is 9.76. The van der Waals surface area contributed by atoms with Gasteiger partial charge in [0, 0.05) is 27.2 Å². The third-order valence-corrected chi connectivity index (χ3v) is 4.54. The number of nitrogens with two attached hydrogens (primary N) is 1. The summed E-state index contributed by atoms with van der Waals surface area (Å²) in [7, 11) is 0. The monoisotopic (exact) mass is 366 g/mol. The summed E-state index contributed by atoms with van der Waals surface area (Å²) in [6.07, 6.45) is 0. The zero-order valence-corrected chi connectivity index (χ0v) is 13.7. The van der Waals surface area contributed by atoms with Crippen molar-refractivity contribution in [2.24, 2.45) is 5.73 Å². The number of allylic oxidation sites excluding steroid dienone is 1. The first-order valence-electron chi connectivity index (χ1n) is 6.48. The molecule has 0 spiro atoms. The minimum Gasteiger partial charge on any atom is -0.506 e. The van der Waals surface area contributed by atoms with Crippen molar-refractivity contribution >= 4 is 34.8 Å². The van der Waals surface area contributed by atoms with E-state index >= 15 is 0 Å². The number of nitriles is 1. The number of fused-ring (bicyclic) bond motifs is 1. The molecule has 1 heterocycles. The highest BCUT2D eigenvalue weighted by molar-refractivity contribution is 6.36. The summed E-state index contributed by atoms with van der Waals surface area (Å²) < 4.78 is 5.43. The summed E-state index contributed by atoms with van der Waals surface area (Å²) in [6.45, 7) is 0. The highest BCUT2D eigenvalue weighted by atomic mass is 35.5. The fourth-order valence-electron chi connectivity index (χ4n) is 2.55. The van der Waals surface area contributed by atoms with Crippen LogP contribution in [-0.4, -0.2) is 5.11 Å². The summed E-state index contributed by atoms with van der Waals surface area (Å²) in [5, 5.41) is 20.2. The lowest BCUT2D eigenvalue weighted by Crippen LogP contribution is -2.21. The molecule has 2 aromatic carbocycles. The lowest BCUT2D eigenvalue weighted by Gasteiger charge is -2.28. The van der Waals surface area contributed by atoms with Gasteiger partial charge >= 0.3 is 0 Å². The standard InChI is InChI=1S/C16H9Cl3N2O2/c17-9-2-1-3-10(18)15(9)14-7-4-11(19)12(22)5-13(7)23-16(21)8(14)6-20/h1-5,14,22H,21H2. The average Bonchev–Trinajstić information content (AvgIpc) is 2.49. The van der Waals surface area contributed by atoms with Crippen LogP contribution in [-0.2, 0) is 0 Å². The number of ether oxygens (including phenoxy) is 1. The van der Waals surface area contributed by atoms with E-state index in [0.29, 0.717) is 26.9 Å². The smallest absolute Gasteiger partial charge is 0.205 e. The van der Waals surface area contributed by atoms with Crippen molar-refractivity contribution in [2.45, 2.75) is 5.92 Å². The van der Waals surface area contributed by atoms with Crippen molar-refractivity contribution in [3.05, 3.63) is 68.0 Å². The van der Waals surface area contributed by atoms with Crippen LogP contribution in [0.15, 0.2) is 41.8 Å². The maximum absolute atomic E-state index is 9.76. The molecule has 3 rings (SSSR count). The minimum absolute atomic E-state index is 0.0669. The molecule has 4 nitrogen and oxygen atoms in total. The number of nitrogens with zero attached hydrogens (tertiary/aromatic N) is 1. The average molecular weight is 368 g/mol. The molecular weight excluding hydrogens is 359 g/mol. The van der Waals surface area contributed by atoms with Gasteiger partial charge in [0.05, 0.1) is 10.9 Å². The Morgan fingerprint density at radius 2 is 1.78 bits per heavy atom. The van der Waals surface area contributed by atoms with Crippen LogP contribution in [0.25, 0.3) is 0 Å². The van der Waals surface area contributed by atoms with Gasteiger partial charge in [-0.2, -0.15) is 5.26 Å². The predicted molar refractivity (Wildman–Crippen MR) is 88.9 cm³/mol. The van der Waals surface area contributed by atoms with E-state index < -0.39 is 5.92 Å². The highest BCUT2D eigenvalue weighted by Gasteiger charge is 2.34. The van der Waals surface area contributed by atoms with Gasteiger partial charge in [-0.15, -0.1) is 0 Å². The minimum atomic E-state index is -0.636. The molecule has 0 bridgehead atoms. The SMILES string of the molecule is N#CC1=C(N)Oc2cc(O)c(Cl)cc2C1c1c(Cl)cccc1Cl. The van der Waals surface area contributed by atoms with E-state index in [0.717, 1.165) is 0 Å². The molecule has 1 unspecified atom stereocenters. The summed E-state index contributed by atoms with van der Waals surface area (Å²) in [4.78, 5) is 0. The van der Waals surface area contributed by atoms with E-state index in [-0.39, 0.29) is 22.2 Å². The number of hydrogen-bond donors (Lipinski definition) is 2. The Hall–Kier alpha value is -2.06. The van der Waals surface area contributed by atoms with Gasteiger partial charge in [0.2, 0.25) is 5.88 Å². The Bertz CT molecular complexity index is 867. The largest absolute Gasteiger partial charge is 0.506 e. The molecular formula is C16H9Cl3N2O2. The zero-order valence-electron chi connectivity index (χ0n) is 11.5. The second-order valence-corrected chi connectivity index (χ2v) is 6.12. The second-order valence-electron chi connectivity index (χ2n) is 4.90. The van der Waals surface area contributed by atoms with Crippen LogP contribution in [0.3, 0.4) is 0 Å². The first-order chi connectivity index (χ1) is 10.9. The Morgan fingerprint density at radius 3 is 2.39 bits per heavy atom. The molecule has 7 heteroatoms. The fraction of sp³-hybridized carbons (Fsp3) is 0.0625. The molecule has 1 atom stereocenters. The molecule has 1 aliphatic heterocycles. The quantitative estimate of drug-likeness (QED) is 0.773. The van der Waals surface area contributed by atoms with Crippen LogP contribution in [0.2, 0.25) is 15.1 Å². The third-order valence-electron chi connectivity index (χ3n) is 3.57. The molecule has 23 heavy (non-hydrogen) atoms. The summed E-state index contributed by atoms with van der Waals surface area (Å²) in [6, 6.07) is 9.95. The first-order valence-corrected chi connectivity index (χ1v) is 7.61. The van der Waals surface area contributed by atoms with Gasteiger partial charge in [0.25, 0.3) is 0 Å². The second kappa shape index (κ2) is 5.86. The molecule has 0 aliphatic carbocycles. The van der Waals surface area contributed by atoms with Crippen molar-refractivity contribution in [1.29, 1.82) is 5.26 Å². The number of hydrogen-bond acceptors (Lipinski definition) is 4. The van der Waals surface area contributed by atoms with Crippen LogP contribution in [0.5, 0.6) is 11.5 Å². The van der Waals surface area contributed by atoms with E-state index in [9.17, 15) is 10.4 Å². The predicted octanol–water partition coefficient (Wildman–Crippen LogP) is 4.57. The van der Waals surface area contributed by atoms with Crippen LogP contribution in [0.1, 0.15) is 17.0 Å². The first kappa shape index (κ1) is 15.8. The van der Waals surface area contributed by atoms with E-state index in [1.807, 2.05) is 6.07 Å². The molecule has 0 radical (unpaired) electrons. The maximum Gasteiger partial charge on any atom is 0.205 e. The Labute approximate surface area is 147 Å². The number of phenolic OH excluding ortho intramolecular Hbond substituents is 1. The van der Waals surface area contributed by atoms with E-state index in [4.69, 9.17) is 45.3 Å². The van der Waals surface area contributed by atoms with E-state index in [1.54, 1.807) is 18.2 Å². The van der Waals surface area contributed by atoms with Crippen molar-refractivity contribution in [3.8, 4) is 17.6 Å². The topological polar surface area (TPSA) is 79.3 Å². The normalized spacial score (nSPS) is 16.5. The van der Waals surface area contributed by atoms with Gasteiger partial charge in [0.1, 0.15) is 23.1 Å².